The lowest BCUT2D eigenvalue weighted by atomic mass is 10.1. The predicted molar refractivity (Wildman–Crippen MR) is 115 cm³/mol. The van der Waals surface area contributed by atoms with E-state index in [1.165, 1.54) is 20.3 Å². The van der Waals surface area contributed by atoms with E-state index in [0.29, 0.717) is 28.3 Å². The van der Waals surface area contributed by atoms with E-state index in [4.69, 9.17) is 18.5 Å². The molecular formula is C20H27N2O7P. The van der Waals surface area contributed by atoms with Crippen LogP contribution in [0.4, 0.5) is 11.4 Å². The van der Waals surface area contributed by atoms with Crippen LogP contribution in [0.2, 0.25) is 0 Å². The molecule has 0 spiro atoms. The molecule has 0 heterocycles. The maximum Gasteiger partial charge on any atom is 0.357 e. The second kappa shape index (κ2) is 10.4. The Morgan fingerprint density at radius 2 is 1.73 bits per heavy atom. The summed E-state index contributed by atoms with van der Waals surface area (Å²) in [6.45, 7) is 5.39. The molecule has 0 aliphatic rings. The molecule has 0 aliphatic carbocycles. The van der Waals surface area contributed by atoms with E-state index in [0.717, 1.165) is 0 Å². The van der Waals surface area contributed by atoms with Crippen LogP contribution in [-0.2, 0) is 13.6 Å². The van der Waals surface area contributed by atoms with Crippen LogP contribution in [0.15, 0.2) is 36.4 Å². The maximum absolute atomic E-state index is 13.7. The molecule has 1 atom stereocenters. The third kappa shape index (κ3) is 5.30. The van der Waals surface area contributed by atoms with E-state index in [2.05, 4.69) is 5.32 Å². The van der Waals surface area contributed by atoms with Gasteiger partial charge in [0, 0.05) is 28.9 Å². The number of hydrogen-bond acceptors (Lipinski definition) is 8. The minimum absolute atomic E-state index is 0.0527. The monoisotopic (exact) mass is 438 g/mol. The van der Waals surface area contributed by atoms with Crippen molar-refractivity contribution in [2.24, 2.45) is 0 Å². The molecule has 0 radical (unpaired) electrons. The van der Waals surface area contributed by atoms with Crippen LogP contribution in [0.25, 0.3) is 0 Å². The Hall–Kier alpha value is -2.61. The first-order valence-electron chi connectivity index (χ1n) is 9.41. The van der Waals surface area contributed by atoms with Crippen molar-refractivity contribution in [2.75, 3.05) is 32.8 Å². The van der Waals surface area contributed by atoms with Gasteiger partial charge in [0.1, 0.15) is 11.5 Å². The number of nitrogens with zero attached hydrogens (tertiary/aromatic N) is 1. The zero-order valence-corrected chi connectivity index (χ0v) is 18.6. The highest BCUT2D eigenvalue weighted by Crippen LogP contribution is 2.62. The Morgan fingerprint density at radius 1 is 1.07 bits per heavy atom. The molecule has 0 saturated heterocycles. The van der Waals surface area contributed by atoms with Crippen molar-refractivity contribution >= 4 is 19.0 Å². The van der Waals surface area contributed by atoms with Gasteiger partial charge in [-0.1, -0.05) is 6.07 Å². The molecule has 0 bridgehead atoms. The minimum atomic E-state index is -3.73. The fourth-order valence-corrected chi connectivity index (χ4v) is 4.93. The topological polar surface area (TPSA) is 109 Å². The molecule has 164 valence electrons. The van der Waals surface area contributed by atoms with Crippen LogP contribution in [0.3, 0.4) is 0 Å². The zero-order valence-electron chi connectivity index (χ0n) is 17.7. The highest BCUT2D eigenvalue weighted by molar-refractivity contribution is 7.54. The van der Waals surface area contributed by atoms with Crippen LogP contribution in [-0.4, -0.2) is 32.4 Å². The van der Waals surface area contributed by atoms with Crippen molar-refractivity contribution < 1.29 is 28.0 Å². The summed E-state index contributed by atoms with van der Waals surface area (Å²) in [5, 5.41) is 14.4. The first kappa shape index (κ1) is 23.7. The smallest absolute Gasteiger partial charge is 0.357 e. The number of nitrogens with one attached hydrogen (secondary N) is 1. The number of nitro benzene ring substituents is 1. The molecule has 0 fully saturated rings. The summed E-state index contributed by atoms with van der Waals surface area (Å²) in [5.74, 6) is -0.00312. The van der Waals surface area contributed by atoms with Crippen molar-refractivity contribution in [1.82, 2.24) is 0 Å². The Balaban J connectivity index is 2.62. The molecule has 1 N–H and O–H groups in total. The van der Waals surface area contributed by atoms with Crippen LogP contribution in [0, 0.1) is 17.0 Å². The standard InChI is InChI=1S/C20H27N2O7P/c1-6-28-30(25,29-7-2)20(17-11-10-16(26-4)13-19(17)27-5)21-15-9-8-14(3)18(12-15)22(23)24/h8-13,20-21H,6-7H2,1-5H3. The van der Waals surface area contributed by atoms with Gasteiger partial charge in [-0.2, -0.15) is 0 Å². The van der Waals surface area contributed by atoms with Crippen molar-refractivity contribution in [2.45, 2.75) is 26.6 Å². The molecule has 30 heavy (non-hydrogen) atoms. The van der Waals surface area contributed by atoms with Gasteiger partial charge in [0.2, 0.25) is 0 Å². The molecule has 0 aromatic heterocycles. The SMILES string of the molecule is CCOP(=O)(OCC)C(Nc1ccc(C)c([N+](=O)[O-])c1)c1ccc(OC)cc1OC. The average molecular weight is 438 g/mol. The summed E-state index contributed by atoms with van der Waals surface area (Å²) < 4.78 is 35.5. The summed E-state index contributed by atoms with van der Waals surface area (Å²) >= 11 is 0. The number of anilines is 1. The van der Waals surface area contributed by atoms with Crippen molar-refractivity contribution in [3.05, 3.63) is 57.6 Å². The van der Waals surface area contributed by atoms with Crippen LogP contribution in [0.1, 0.15) is 30.8 Å². The molecule has 2 rings (SSSR count). The van der Waals surface area contributed by atoms with E-state index in [1.54, 1.807) is 51.1 Å². The number of aryl methyl sites for hydroxylation is 1. The van der Waals surface area contributed by atoms with Gasteiger partial charge >= 0.3 is 7.60 Å². The van der Waals surface area contributed by atoms with E-state index in [9.17, 15) is 14.7 Å². The second-order valence-electron chi connectivity index (χ2n) is 6.29. The molecule has 1 unspecified atom stereocenters. The lowest BCUT2D eigenvalue weighted by Gasteiger charge is -2.29. The summed E-state index contributed by atoms with van der Waals surface area (Å²) in [4.78, 5) is 10.9. The van der Waals surface area contributed by atoms with Gasteiger partial charge in [-0.25, -0.2) is 0 Å². The number of ether oxygens (including phenoxy) is 2. The summed E-state index contributed by atoms with van der Waals surface area (Å²) in [7, 11) is -0.720. The van der Waals surface area contributed by atoms with Gasteiger partial charge in [0.15, 0.2) is 5.78 Å². The largest absolute Gasteiger partial charge is 0.497 e. The van der Waals surface area contributed by atoms with Crippen molar-refractivity contribution in [1.29, 1.82) is 0 Å². The Kier molecular flexibility index (Phi) is 8.23. The molecule has 0 amide bonds. The first-order chi connectivity index (χ1) is 14.3. The minimum Gasteiger partial charge on any atom is -0.497 e. The maximum atomic E-state index is 13.7. The first-order valence-corrected chi connectivity index (χ1v) is 11.0. The lowest BCUT2D eigenvalue weighted by molar-refractivity contribution is -0.385. The third-order valence-electron chi connectivity index (χ3n) is 4.38. The number of methoxy groups -OCH3 is 2. The number of nitro groups is 1. The van der Waals surface area contributed by atoms with Gasteiger partial charge in [-0.05, 0) is 39.0 Å². The molecule has 2 aromatic carbocycles. The van der Waals surface area contributed by atoms with E-state index in [1.807, 2.05) is 0 Å². The second-order valence-corrected chi connectivity index (χ2v) is 8.40. The van der Waals surface area contributed by atoms with Gasteiger partial charge in [-0.3, -0.25) is 14.7 Å². The van der Waals surface area contributed by atoms with Crippen LogP contribution < -0.4 is 14.8 Å². The molecule has 10 heteroatoms. The van der Waals surface area contributed by atoms with Crippen molar-refractivity contribution in [3.63, 3.8) is 0 Å². The number of hydrogen-bond donors (Lipinski definition) is 1. The third-order valence-corrected chi connectivity index (χ3v) is 6.65. The Labute approximate surface area is 176 Å². The summed E-state index contributed by atoms with van der Waals surface area (Å²) in [6.07, 6.45) is 0. The fraction of sp³-hybridized carbons (Fsp3) is 0.400. The normalized spacial score (nSPS) is 12.3. The van der Waals surface area contributed by atoms with Crippen molar-refractivity contribution in [3.8, 4) is 11.5 Å². The van der Waals surface area contributed by atoms with E-state index < -0.39 is 18.3 Å². The summed E-state index contributed by atoms with van der Waals surface area (Å²) in [6, 6.07) is 9.74. The van der Waals surface area contributed by atoms with Gasteiger partial charge in [0.25, 0.3) is 5.69 Å². The van der Waals surface area contributed by atoms with Crippen LogP contribution >= 0.6 is 7.60 Å². The lowest BCUT2D eigenvalue weighted by Crippen LogP contribution is -2.16. The fourth-order valence-electron chi connectivity index (χ4n) is 2.97. The molecule has 0 saturated carbocycles. The van der Waals surface area contributed by atoms with Gasteiger partial charge in [-0.15, -0.1) is 0 Å². The summed E-state index contributed by atoms with van der Waals surface area (Å²) in [5.41, 5.74) is 1.37. The molecular weight excluding hydrogens is 411 g/mol. The highest BCUT2D eigenvalue weighted by Gasteiger charge is 2.39. The van der Waals surface area contributed by atoms with Crippen LogP contribution in [0.5, 0.6) is 11.5 Å². The van der Waals surface area contributed by atoms with Gasteiger partial charge in [0.05, 0.1) is 32.4 Å². The molecule has 2 aromatic rings. The quantitative estimate of drug-likeness (QED) is 0.286. The predicted octanol–water partition coefficient (Wildman–Crippen LogP) is 5.30. The molecule has 9 nitrogen and oxygen atoms in total. The highest BCUT2D eigenvalue weighted by atomic mass is 31.2. The Morgan fingerprint density at radius 3 is 2.27 bits per heavy atom. The average Bonchev–Trinajstić information content (AvgIpc) is 2.72. The zero-order chi connectivity index (χ0) is 22.3. The molecule has 0 aliphatic heterocycles. The van der Waals surface area contributed by atoms with E-state index >= 15 is 0 Å². The Bertz CT molecular complexity index is 925. The number of rotatable bonds is 11. The number of benzene rings is 2. The van der Waals surface area contributed by atoms with E-state index in [-0.39, 0.29) is 18.9 Å². The van der Waals surface area contributed by atoms with Gasteiger partial charge < -0.3 is 23.8 Å².